The van der Waals surface area contributed by atoms with Crippen LogP contribution in [0, 0.1) is 12.8 Å². The summed E-state index contributed by atoms with van der Waals surface area (Å²) in [4.78, 5) is 0. The van der Waals surface area contributed by atoms with E-state index in [9.17, 15) is 0 Å². The van der Waals surface area contributed by atoms with Crippen molar-refractivity contribution in [2.75, 3.05) is 0 Å². The first-order valence-electron chi connectivity index (χ1n) is 4.06. The minimum absolute atomic E-state index is 0. The Labute approximate surface area is 97.1 Å². The van der Waals surface area contributed by atoms with Gasteiger partial charge in [-0.25, -0.2) is 0 Å². The summed E-state index contributed by atoms with van der Waals surface area (Å²) >= 11 is 0. The quantitative estimate of drug-likeness (QED) is 0.410. The Hall–Kier alpha value is 0.594. The second kappa shape index (κ2) is 22.9. The number of rotatable bonds is 5. The smallest absolute Gasteiger partial charge is 0.870 e. The zero-order chi connectivity index (χ0) is 7.11. The topological polar surface area (TPSA) is 90.0 Å². The maximum Gasteiger partial charge on any atom is 4.00 e. The van der Waals surface area contributed by atoms with Crippen LogP contribution in [-0.2, 0) is 21.7 Å². The van der Waals surface area contributed by atoms with Crippen LogP contribution in [0.25, 0.3) is 0 Å². The van der Waals surface area contributed by atoms with E-state index in [1.54, 1.807) is 0 Å². The Morgan fingerprint density at radius 2 is 1.38 bits per heavy atom. The summed E-state index contributed by atoms with van der Waals surface area (Å²) in [5.74, 6) is 0.884. The first kappa shape index (κ1) is 29.2. The average Bonchev–Trinajstić information content (AvgIpc) is 1.80. The molecule has 4 heteroatoms. The largest absolute Gasteiger partial charge is 4.00 e. The van der Waals surface area contributed by atoms with Crippen LogP contribution < -0.4 is 0 Å². The fraction of sp³-hybridized carbons (Fsp3) is 0.889. The molecule has 0 radical (unpaired) electrons. The van der Waals surface area contributed by atoms with Gasteiger partial charge >= 0.3 is 21.7 Å². The third kappa shape index (κ3) is 32.5. The molecule has 3 nitrogen and oxygen atoms in total. The molecule has 0 aliphatic rings. The van der Waals surface area contributed by atoms with Crippen LogP contribution in [0.5, 0.6) is 0 Å². The van der Waals surface area contributed by atoms with Crippen molar-refractivity contribution < 1.29 is 38.1 Å². The number of hydrogen-bond donors (Lipinski definition) is 0. The van der Waals surface area contributed by atoms with Gasteiger partial charge in [-0.3, -0.25) is 0 Å². The maximum atomic E-state index is 3.80. The Kier molecular flexibility index (Phi) is 51.5. The average molecular weight is 226 g/mol. The second-order valence-electron chi connectivity index (χ2n) is 3.10. The number of unbranched alkanes of at least 4 members (excludes halogenated alkanes) is 3. The summed E-state index contributed by atoms with van der Waals surface area (Å²) in [5, 5.41) is 0. The molecule has 0 aromatic heterocycles. The summed E-state index contributed by atoms with van der Waals surface area (Å²) < 4.78 is 0. The first-order valence-corrected chi connectivity index (χ1v) is 4.06. The minimum Gasteiger partial charge on any atom is -0.870 e. The standard InChI is InChI=1S/C9H19.3H2O.Ti/c1-4-5-6-7-8-9(2)3;;;;/h9H,1,4-8H2,2-3H3;3*1H2;/q-1;;;;+4/p-3. The van der Waals surface area contributed by atoms with Gasteiger partial charge in [0.2, 0.25) is 0 Å². The van der Waals surface area contributed by atoms with Gasteiger partial charge in [0, 0.05) is 0 Å². The molecule has 3 N–H and O–H groups in total. The van der Waals surface area contributed by atoms with Gasteiger partial charge in [-0.05, 0) is 5.92 Å². The molecule has 0 fully saturated rings. The first-order chi connectivity index (χ1) is 4.27. The molecule has 0 aliphatic carbocycles. The number of hydrogen-bond acceptors (Lipinski definition) is 3. The fourth-order valence-electron chi connectivity index (χ4n) is 0.906. The van der Waals surface area contributed by atoms with Gasteiger partial charge in [0.15, 0.2) is 0 Å². The molecule has 0 spiro atoms. The summed E-state index contributed by atoms with van der Waals surface area (Å²) in [5.41, 5.74) is 0. The molecule has 0 saturated heterocycles. The zero-order valence-electron chi connectivity index (χ0n) is 8.66. The van der Waals surface area contributed by atoms with Crippen LogP contribution in [0.15, 0.2) is 0 Å². The van der Waals surface area contributed by atoms with E-state index in [0.717, 1.165) is 12.3 Å². The third-order valence-corrected chi connectivity index (χ3v) is 1.53. The van der Waals surface area contributed by atoms with Gasteiger partial charge in [0.05, 0.1) is 0 Å². The molecule has 0 aliphatic heterocycles. The molecule has 13 heavy (non-hydrogen) atoms. The Morgan fingerprint density at radius 3 is 1.69 bits per heavy atom. The van der Waals surface area contributed by atoms with E-state index >= 15 is 0 Å². The van der Waals surface area contributed by atoms with Crippen LogP contribution in [0.1, 0.15) is 46.0 Å². The Balaban J connectivity index is -0.0000000533. The van der Waals surface area contributed by atoms with E-state index in [4.69, 9.17) is 0 Å². The van der Waals surface area contributed by atoms with E-state index in [1.165, 1.54) is 25.7 Å². The Bertz CT molecular complexity index is 60.8. The van der Waals surface area contributed by atoms with E-state index in [2.05, 4.69) is 20.8 Å². The zero-order valence-corrected chi connectivity index (χ0v) is 10.2. The molecule has 0 aromatic rings. The van der Waals surface area contributed by atoms with Crippen molar-refractivity contribution in [2.45, 2.75) is 46.0 Å². The normalized spacial score (nSPS) is 7.38. The summed E-state index contributed by atoms with van der Waals surface area (Å²) in [6, 6.07) is 0. The summed E-state index contributed by atoms with van der Waals surface area (Å²) in [6.07, 6.45) is 6.58. The molecule has 0 rings (SSSR count). The van der Waals surface area contributed by atoms with Crippen LogP contribution in [0.3, 0.4) is 0 Å². The Morgan fingerprint density at radius 1 is 0.923 bits per heavy atom. The van der Waals surface area contributed by atoms with Crippen LogP contribution in [0.2, 0.25) is 0 Å². The van der Waals surface area contributed by atoms with E-state index in [0.29, 0.717) is 0 Å². The minimum atomic E-state index is 0. The molecular weight excluding hydrogens is 204 g/mol. The van der Waals surface area contributed by atoms with Crippen molar-refractivity contribution in [1.29, 1.82) is 0 Å². The van der Waals surface area contributed by atoms with Crippen molar-refractivity contribution in [3.8, 4) is 0 Å². The summed E-state index contributed by atoms with van der Waals surface area (Å²) in [7, 11) is 0. The van der Waals surface area contributed by atoms with E-state index < -0.39 is 0 Å². The van der Waals surface area contributed by atoms with Crippen molar-refractivity contribution >= 4 is 0 Å². The molecule has 0 bridgehead atoms. The van der Waals surface area contributed by atoms with Gasteiger partial charge in [0.25, 0.3) is 0 Å². The SMILES string of the molecule is [CH2-]CCCCCC(C)C.[OH-].[OH-].[OH-].[Ti+4]. The molecule has 0 amide bonds. The molecular formula is C9H22O3Ti. The van der Waals surface area contributed by atoms with Crippen molar-refractivity contribution in [3.05, 3.63) is 6.92 Å². The van der Waals surface area contributed by atoms with Gasteiger partial charge in [-0.1, -0.05) is 39.5 Å². The van der Waals surface area contributed by atoms with Crippen LogP contribution in [0.4, 0.5) is 0 Å². The molecule has 0 unspecified atom stereocenters. The van der Waals surface area contributed by atoms with Gasteiger partial charge in [-0.15, -0.1) is 0 Å². The van der Waals surface area contributed by atoms with Crippen molar-refractivity contribution in [3.63, 3.8) is 0 Å². The van der Waals surface area contributed by atoms with E-state index in [1.807, 2.05) is 0 Å². The fourth-order valence-corrected chi connectivity index (χ4v) is 0.906. The molecule has 80 valence electrons. The molecule has 0 atom stereocenters. The van der Waals surface area contributed by atoms with Gasteiger partial charge < -0.3 is 23.4 Å². The summed E-state index contributed by atoms with van der Waals surface area (Å²) in [6.45, 7) is 8.37. The van der Waals surface area contributed by atoms with Gasteiger partial charge in [-0.2, -0.15) is 6.42 Å². The van der Waals surface area contributed by atoms with E-state index in [-0.39, 0.29) is 38.1 Å². The second-order valence-corrected chi connectivity index (χ2v) is 3.10. The van der Waals surface area contributed by atoms with Crippen molar-refractivity contribution in [1.82, 2.24) is 0 Å². The molecule has 0 aromatic carbocycles. The van der Waals surface area contributed by atoms with Crippen molar-refractivity contribution in [2.24, 2.45) is 5.92 Å². The van der Waals surface area contributed by atoms with Crippen LogP contribution >= 0.6 is 0 Å². The predicted molar refractivity (Wildman–Crippen MR) is 49.1 cm³/mol. The maximum absolute atomic E-state index is 3.80. The molecule has 0 saturated carbocycles. The van der Waals surface area contributed by atoms with Gasteiger partial charge in [0.1, 0.15) is 0 Å². The third-order valence-electron chi connectivity index (χ3n) is 1.53. The van der Waals surface area contributed by atoms with Crippen LogP contribution in [-0.4, -0.2) is 16.4 Å². The molecule has 0 heterocycles. The monoisotopic (exact) mass is 226 g/mol. The predicted octanol–water partition coefficient (Wildman–Crippen LogP) is 2.89.